The molecule has 0 spiro atoms. The summed E-state index contributed by atoms with van der Waals surface area (Å²) in [7, 11) is 2.07. The maximum atomic E-state index is 4.73. The van der Waals surface area contributed by atoms with E-state index in [1.807, 2.05) is 10.9 Å². The van der Waals surface area contributed by atoms with Gasteiger partial charge in [0.05, 0.1) is 6.20 Å². The number of hydrogen-bond acceptors (Lipinski definition) is 2. The molecule has 0 bridgehead atoms. The Kier molecular flexibility index (Phi) is 7.31. The fourth-order valence-corrected chi connectivity index (χ4v) is 2.68. The number of guanidine groups is 1. The molecular weight excluding hydrogens is 366 g/mol. The Morgan fingerprint density at radius 1 is 1.33 bits per heavy atom. The maximum absolute atomic E-state index is 4.73. The van der Waals surface area contributed by atoms with Crippen molar-refractivity contribution in [2.45, 2.75) is 33.4 Å². The summed E-state index contributed by atoms with van der Waals surface area (Å²) in [6.45, 7) is 7.52. The van der Waals surface area contributed by atoms with Gasteiger partial charge in [-0.05, 0) is 43.5 Å². The third kappa shape index (κ3) is 6.00. The molecule has 1 aromatic heterocycles. The van der Waals surface area contributed by atoms with Crippen molar-refractivity contribution in [2.75, 3.05) is 20.1 Å². The minimum absolute atomic E-state index is 0.784. The van der Waals surface area contributed by atoms with E-state index in [-0.39, 0.29) is 0 Å². The summed E-state index contributed by atoms with van der Waals surface area (Å²) in [4.78, 5) is 6.89. The lowest BCUT2D eigenvalue weighted by Crippen LogP contribution is -2.38. The highest BCUT2D eigenvalue weighted by Crippen LogP contribution is 2.11. The summed E-state index contributed by atoms with van der Waals surface area (Å²) >= 11 is 3.47. The summed E-state index contributed by atoms with van der Waals surface area (Å²) in [5.74, 6) is 0.942. The third-order valence-corrected chi connectivity index (χ3v) is 4.13. The maximum Gasteiger partial charge on any atom is 0.193 e. The Morgan fingerprint density at radius 3 is 2.71 bits per heavy atom. The van der Waals surface area contributed by atoms with Crippen molar-refractivity contribution in [3.05, 3.63) is 52.3 Å². The molecular formula is C18H26BrN5. The molecule has 0 aliphatic carbocycles. The van der Waals surface area contributed by atoms with Gasteiger partial charge in [-0.25, -0.2) is 0 Å². The number of hydrogen-bond donors (Lipinski definition) is 1. The first-order valence-electron chi connectivity index (χ1n) is 8.31. The van der Waals surface area contributed by atoms with Crippen molar-refractivity contribution in [3.8, 4) is 0 Å². The minimum atomic E-state index is 0.784. The molecule has 1 heterocycles. The monoisotopic (exact) mass is 391 g/mol. The Morgan fingerprint density at radius 2 is 2.08 bits per heavy atom. The molecule has 5 nitrogen and oxygen atoms in total. The van der Waals surface area contributed by atoms with Gasteiger partial charge in [0.25, 0.3) is 0 Å². The third-order valence-electron chi connectivity index (χ3n) is 3.60. The van der Waals surface area contributed by atoms with Crippen LogP contribution in [-0.2, 0) is 13.1 Å². The van der Waals surface area contributed by atoms with Crippen LogP contribution in [0.3, 0.4) is 0 Å². The minimum Gasteiger partial charge on any atom is -0.357 e. The Hall–Kier alpha value is -1.82. The summed E-state index contributed by atoms with van der Waals surface area (Å²) in [6.07, 6.45) is 4.93. The zero-order valence-electron chi connectivity index (χ0n) is 14.7. The van der Waals surface area contributed by atoms with Gasteiger partial charge in [-0.1, -0.05) is 28.1 Å². The van der Waals surface area contributed by atoms with Crippen LogP contribution < -0.4 is 5.32 Å². The number of halogens is 1. The molecule has 6 heteroatoms. The molecule has 1 N–H and O–H groups in total. The van der Waals surface area contributed by atoms with E-state index in [1.165, 1.54) is 11.1 Å². The van der Waals surface area contributed by atoms with E-state index in [0.717, 1.165) is 43.0 Å². The second kappa shape index (κ2) is 9.47. The van der Waals surface area contributed by atoms with Gasteiger partial charge in [0.2, 0.25) is 0 Å². The summed E-state index contributed by atoms with van der Waals surface area (Å²) in [5, 5.41) is 7.67. The van der Waals surface area contributed by atoms with E-state index in [9.17, 15) is 0 Å². The van der Waals surface area contributed by atoms with Crippen molar-refractivity contribution >= 4 is 21.9 Å². The summed E-state index contributed by atoms with van der Waals surface area (Å²) < 4.78 is 3.08. The van der Waals surface area contributed by atoms with Gasteiger partial charge in [0.15, 0.2) is 5.96 Å². The number of nitrogens with one attached hydrogen (secondary N) is 1. The highest BCUT2D eigenvalue weighted by atomic mass is 79.9. The van der Waals surface area contributed by atoms with Gasteiger partial charge in [-0.15, -0.1) is 0 Å². The van der Waals surface area contributed by atoms with E-state index in [2.05, 4.69) is 82.6 Å². The average Bonchev–Trinajstić information content (AvgIpc) is 2.98. The van der Waals surface area contributed by atoms with Crippen LogP contribution in [0.5, 0.6) is 0 Å². The number of nitrogens with zero attached hydrogens (tertiary/aromatic N) is 4. The molecule has 0 fully saturated rings. The second-order valence-corrected chi connectivity index (χ2v) is 6.77. The van der Waals surface area contributed by atoms with Crippen LogP contribution in [0.25, 0.3) is 0 Å². The lowest BCUT2D eigenvalue weighted by Gasteiger charge is -2.22. The molecule has 0 unspecified atom stereocenters. The highest BCUT2D eigenvalue weighted by molar-refractivity contribution is 9.10. The molecule has 0 aliphatic heterocycles. The van der Waals surface area contributed by atoms with Crippen LogP contribution in [0.15, 0.2) is 46.1 Å². The molecule has 0 radical (unpaired) electrons. The van der Waals surface area contributed by atoms with Crippen LogP contribution in [0, 0.1) is 6.92 Å². The normalized spacial score (nSPS) is 11.6. The second-order valence-electron chi connectivity index (χ2n) is 5.85. The van der Waals surface area contributed by atoms with Crippen molar-refractivity contribution in [3.63, 3.8) is 0 Å². The fraction of sp³-hybridized carbons (Fsp3) is 0.444. The van der Waals surface area contributed by atoms with E-state index < -0.39 is 0 Å². The molecule has 130 valence electrons. The van der Waals surface area contributed by atoms with Crippen LogP contribution >= 0.6 is 15.9 Å². The van der Waals surface area contributed by atoms with Gasteiger partial charge < -0.3 is 10.2 Å². The molecule has 0 saturated carbocycles. The molecule has 1 aromatic carbocycles. The number of aromatic nitrogens is 2. The Labute approximate surface area is 152 Å². The number of aryl methyl sites for hydroxylation is 2. The van der Waals surface area contributed by atoms with E-state index in [0.29, 0.717) is 0 Å². The van der Waals surface area contributed by atoms with Crippen LogP contribution in [0.4, 0.5) is 0 Å². The lowest BCUT2D eigenvalue weighted by molar-refractivity contribution is 0.475. The first kappa shape index (κ1) is 18.5. The smallest absolute Gasteiger partial charge is 0.193 e. The molecule has 0 amide bonds. The molecule has 0 aliphatic rings. The van der Waals surface area contributed by atoms with E-state index in [1.54, 1.807) is 0 Å². The SMILES string of the molecule is CCNC(=NCCCn1cc(C)cn1)N(C)Cc1ccc(Br)cc1. The molecule has 2 rings (SSSR count). The number of benzene rings is 1. The summed E-state index contributed by atoms with van der Waals surface area (Å²) in [6, 6.07) is 8.40. The predicted octanol–water partition coefficient (Wildman–Crippen LogP) is 3.44. The van der Waals surface area contributed by atoms with Crippen molar-refractivity contribution in [1.82, 2.24) is 20.0 Å². The van der Waals surface area contributed by atoms with E-state index >= 15 is 0 Å². The van der Waals surface area contributed by atoms with Gasteiger partial charge in [-0.2, -0.15) is 5.10 Å². The zero-order chi connectivity index (χ0) is 17.4. The standard InChI is InChI=1S/C18H26BrN5/c1-4-20-18(21-10-5-11-24-13-15(2)12-22-24)23(3)14-16-6-8-17(19)9-7-16/h6-9,12-13H,4-5,10-11,14H2,1-3H3,(H,20,21). The first-order valence-corrected chi connectivity index (χ1v) is 9.10. The van der Waals surface area contributed by atoms with Gasteiger partial charge in [0, 0.05) is 43.9 Å². The van der Waals surface area contributed by atoms with Crippen LogP contribution in [-0.4, -0.2) is 40.8 Å². The van der Waals surface area contributed by atoms with Crippen molar-refractivity contribution < 1.29 is 0 Å². The van der Waals surface area contributed by atoms with E-state index in [4.69, 9.17) is 4.99 Å². The van der Waals surface area contributed by atoms with Crippen molar-refractivity contribution in [1.29, 1.82) is 0 Å². The summed E-state index contributed by atoms with van der Waals surface area (Å²) in [5.41, 5.74) is 2.46. The Bertz CT molecular complexity index is 648. The topological polar surface area (TPSA) is 45.5 Å². The predicted molar refractivity (Wildman–Crippen MR) is 103 cm³/mol. The number of aliphatic imine (C=N–C) groups is 1. The highest BCUT2D eigenvalue weighted by Gasteiger charge is 2.06. The Balaban J connectivity index is 1.87. The average molecular weight is 392 g/mol. The van der Waals surface area contributed by atoms with Gasteiger partial charge in [-0.3, -0.25) is 9.67 Å². The van der Waals surface area contributed by atoms with Gasteiger partial charge in [0.1, 0.15) is 0 Å². The van der Waals surface area contributed by atoms with Crippen molar-refractivity contribution in [2.24, 2.45) is 4.99 Å². The van der Waals surface area contributed by atoms with Crippen LogP contribution in [0.2, 0.25) is 0 Å². The number of rotatable bonds is 7. The quantitative estimate of drug-likeness (QED) is 0.446. The first-order chi connectivity index (χ1) is 11.6. The van der Waals surface area contributed by atoms with Crippen LogP contribution in [0.1, 0.15) is 24.5 Å². The lowest BCUT2D eigenvalue weighted by atomic mass is 10.2. The zero-order valence-corrected chi connectivity index (χ0v) is 16.3. The molecule has 0 saturated heterocycles. The van der Waals surface area contributed by atoms with Gasteiger partial charge >= 0.3 is 0 Å². The molecule has 2 aromatic rings. The fourth-order valence-electron chi connectivity index (χ4n) is 2.42. The molecule has 0 atom stereocenters. The largest absolute Gasteiger partial charge is 0.357 e. The molecule has 24 heavy (non-hydrogen) atoms.